The van der Waals surface area contributed by atoms with Crippen molar-refractivity contribution in [3.05, 3.63) is 24.0 Å². The molecule has 1 radical (unpaired) electrons. The molecule has 1 aromatic heterocycles. The maximum atomic E-state index is 12.1. The second kappa shape index (κ2) is 13.7. The van der Waals surface area contributed by atoms with Gasteiger partial charge in [-0.15, -0.1) is 0 Å². The Kier molecular flexibility index (Phi) is 12.1. The van der Waals surface area contributed by atoms with E-state index < -0.39 is 11.2 Å². The van der Waals surface area contributed by atoms with Gasteiger partial charge in [0.25, 0.3) is 5.91 Å². The first-order valence-corrected chi connectivity index (χ1v) is 10.1. The quantitative estimate of drug-likeness (QED) is 0.243. The molecule has 0 aromatic carbocycles. The fraction of sp³-hybridized carbons (Fsp3) is 0.700. The SMILES string of the molecule is CC(C)(O)C(C)(C)O[B]c1ccc(C(=O)NCCOCCOCCOCCN)nc1. The van der Waals surface area contributed by atoms with Gasteiger partial charge < -0.3 is 35.0 Å². The Bertz CT molecular complexity index is 608. The molecule has 0 unspecified atom stereocenters. The number of nitrogens with two attached hydrogens (primary N) is 1. The van der Waals surface area contributed by atoms with Gasteiger partial charge in [-0.3, -0.25) is 9.78 Å². The van der Waals surface area contributed by atoms with Crippen molar-refractivity contribution in [1.29, 1.82) is 0 Å². The van der Waals surface area contributed by atoms with Crippen LogP contribution in [0.3, 0.4) is 0 Å². The van der Waals surface area contributed by atoms with Crippen LogP contribution in [0.5, 0.6) is 0 Å². The van der Waals surface area contributed by atoms with Crippen molar-refractivity contribution in [3.63, 3.8) is 0 Å². The van der Waals surface area contributed by atoms with Crippen LogP contribution >= 0.6 is 0 Å². The Morgan fingerprint density at radius 3 is 2.20 bits per heavy atom. The summed E-state index contributed by atoms with van der Waals surface area (Å²) in [5, 5.41) is 12.8. The summed E-state index contributed by atoms with van der Waals surface area (Å²) >= 11 is 0. The molecule has 0 fully saturated rings. The number of hydrogen-bond donors (Lipinski definition) is 3. The predicted molar refractivity (Wildman–Crippen MR) is 115 cm³/mol. The molecule has 10 heteroatoms. The normalized spacial score (nSPS) is 12.1. The van der Waals surface area contributed by atoms with E-state index >= 15 is 0 Å². The Balaban J connectivity index is 2.18. The molecule has 0 bridgehead atoms. The molecule has 0 aliphatic rings. The smallest absolute Gasteiger partial charge is 0.332 e. The molecule has 169 valence electrons. The van der Waals surface area contributed by atoms with Gasteiger partial charge in [0.05, 0.1) is 50.8 Å². The largest absolute Gasteiger partial charge is 0.427 e. The van der Waals surface area contributed by atoms with Crippen LogP contribution in [0, 0.1) is 0 Å². The van der Waals surface area contributed by atoms with Gasteiger partial charge in [0.1, 0.15) is 5.69 Å². The van der Waals surface area contributed by atoms with E-state index in [0.717, 1.165) is 0 Å². The number of aromatic nitrogens is 1. The molecule has 4 N–H and O–H groups in total. The lowest BCUT2D eigenvalue weighted by atomic mass is 9.83. The van der Waals surface area contributed by atoms with Gasteiger partial charge in [0.2, 0.25) is 0 Å². The molecule has 0 aliphatic heterocycles. The predicted octanol–water partition coefficient (Wildman–Crippen LogP) is -0.369. The molecule has 0 spiro atoms. The van der Waals surface area contributed by atoms with Gasteiger partial charge in [-0.1, -0.05) is 6.07 Å². The number of rotatable bonds is 16. The first kappa shape index (κ1) is 26.5. The Hall–Kier alpha value is -1.56. The third-order valence-electron chi connectivity index (χ3n) is 4.52. The molecule has 1 heterocycles. The van der Waals surface area contributed by atoms with E-state index in [4.69, 9.17) is 24.6 Å². The topological polar surface area (TPSA) is 125 Å². The molecule has 1 rings (SSSR count). The van der Waals surface area contributed by atoms with Crippen molar-refractivity contribution in [3.8, 4) is 0 Å². The monoisotopic (exact) mass is 424 g/mol. The number of carbonyl (C=O) groups is 1. The fourth-order valence-corrected chi connectivity index (χ4v) is 1.92. The number of hydrogen-bond acceptors (Lipinski definition) is 8. The van der Waals surface area contributed by atoms with Crippen LogP contribution < -0.4 is 16.5 Å². The summed E-state index contributed by atoms with van der Waals surface area (Å²) in [6.07, 6.45) is 1.54. The summed E-state index contributed by atoms with van der Waals surface area (Å²) in [4.78, 5) is 16.3. The number of carbonyl (C=O) groups excluding carboxylic acids is 1. The number of nitrogens with one attached hydrogen (secondary N) is 1. The lowest BCUT2D eigenvalue weighted by Gasteiger charge is -2.37. The van der Waals surface area contributed by atoms with Crippen LogP contribution in [0.4, 0.5) is 0 Å². The molecule has 0 aliphatic carbocycles. The van der Waals surface area contributed by atoms with Gasteiger partial charge in [0, 0.05) is 19.3 Å². The number of pyridine rings is 1. The van der Waals surface area contributed by atoms with Gasteiger partial charge in [-0.2, -0.15) is 0 Å². The zero-order valence-corrected chi connectivity index (χ0v) is 18.5. The molecule has 0 saturated heterocycles. The lowest BCUT2D eigenvalue weighted by molar-refractivity contribution is -0.0893. The summed E-state index contributed by atoms with van der Waals surface area (Å²) in [5.74, 6) is -0.281. The number of amides is 1. The van der Waals surface area contributed by atoms with Crippen molar-refractivity contribution in [2.75, 3.05) is 52.7 Å². The second-order valence-corrected chi connectivity index (χ2v) is 7.66. The minimum absolute atomic E-state index is 0.281. The van der Waals surface area contributed by atoms with E-state index in [1.54, 1.807) is 46.0 Å². The minimum atomic E-state index is -1.01. The van der Waals surface area contributed by atoms with Crippen molar-refractivity contribution in [2.45, 2.75) is 38.9 Å². The molecular formula is C20H35BN3O6. The van der Waals surface area contributed by atoms with Crippen LogP contribution in [0.25, 0.3) is 0 Å². The lowest BCUT2D eigenvalue weighted by Crippen LogP contribution is -2.49. The molecule has 0 atom stereocenters. The van der Waals surface area contributed by atoms with Gasteiger partial charge in [-0.25, -0.2) is 0 Å². The Labute approximate surface area is 179 Å². The maximum absolute atomic E-state index is 12.1. The highest BCUT2D eigenvalue weighted by molar-refractivity contribution is 6.46. The summed E-state index contributed by atoms with van der Waals surface area (Å²) in [6.45, 7) is 10.7. The van der Waals surface area contributed by atoms with Crippen molar-refractivity contribution >= 4 is 18.9 Å². The highest BCUT2D eigenvalue weighted by atomic mass is 16.5. The standard InChI is InChI=1S/C20H35BN3O6/c1-19(2,26)20(3,4)30-21-16-5-6-17(24-15-16)18(25)23-8-10-28-12-14-29-13-11-27-9-7-22/h5-6,15,26H,7-14,22H2,1-4H3,(H,23,25). The average molecular weight is 424 g/mol. The Morgan fingerprint density at radius 1 is 1.07 bits per heavy atom. The van der Waals surface area contributed by atoms with Crippen molar-refractivity contribution < 1.29 is 28.8 Å². The summed E-state index contributed by atoms with van der Waals surface area (Å²) in [6, 6.07) is 3.34. The maximum Gasteiger partial charge on any atom is 0.332 e. The first-order valence-electron chi connectivity index (χ1n) is 10.1. The molecule has 9 nitrogen and oxygen atoms in total. The molecule has 0 saturated carbocycles. The van der Waals surface area contributed by atoms with Gasteiger partial charge in [0.15, 0.2) is 0 Å². The fourth-order valence-electron chi connectivity index (χ4n) is 1.92. The third-order valence-corrected chi connectivity index (χ3v) is 4.52. The van der Waals surface area contributed by atoms with E-state index in [-0.39, 0.29) is 5.91 Å². The summed E-state index contributed by atoms with van der Waals surface area (Å²) in [5.41, 5.74) is 4.52. The highest BCUT2D eigenvalue weighted by Crippen LogP contribution is 2.24. The van der Waals surface area contributed by atoms with Crippen LogP contribution in [-0.2, 0) is 18.9 Å². The van der Waals surface area contributed by atoms with Gasteiger partial charge in [-0.05, 0) is 39.2 Å². The van der Waals surface area contributed by atoms with E-state index in [2.05, 4.69) is 10.3 Å². The van der Waals surface area contributed by atoms with E-state index in [1.807, 2.05) is 0 Å². The highest BCUT2D eigenvalue weighted by Gasteiger charge is 2.35. The van der Waals surface area contributed by atoms with Crippen LogP contribution in [0.2, 0.25) is 0 Å². The van der Waals surface area contributed by atoms with Crippen LogP contribution in [0.1, 0.15) is 38.2 Å². The third kappa shape index (κ3) is 10.5. The van der Waals surface area contributed by atoms with Crippen LogP contribution in [-0.4, -0.2) is 87.4 Å². The van der Waals surface area contributed by atoms with E-state index in [9.17, 15) is 9.90 Å². The molecule has 1 aromatic rings. The second-order valence-electron chi connectivity index (χ2n) is 7.66. The number of nitrogens with zero attached hydrogens (tertiary/aromatic N) is 1. The number of ether oxygens (including phenoxy) is 3. The zero-order valence-electron chi connectivity index (χ0n) is 18.5. The number of aliphatic hydroxyl groups is 1. The van der Waals surface area contributed by atoms with E-state index in [0.29, 0.717) is 63.9 Å². The first-order chi connectivity index (χ1) is 14.2. The van der Waals surface area contributed by atoms with Crippen LogP contribution in [0.15, 0.2) is 18.3 Å². The molecule has 30 heavy (non-hydrogen) atoms. The summed E-state index contributed by atoms with van der Waals surface area (Å²) in [7, 11) is 1.52. The summed E-state index contributed by atoms with van der Waals surface area (Å²) < 4.78 is 21.6. The Morgan fingerprint density at radius 2 is 1.67 bits per heavy atom. The van der Waals surface area contributed by atoms with Gasteiger partial charge >= 0.3 is 7.48 Å². The zero-order chi connectivity index (χ0) is 22.5. The average Bonchev–Trinajstić information content (AvgIpc) is 2.70. The molecular weight excluding hydrogens is 389 g/mol. The molecule has 1 amide bonds. The van der Waals surface area contributed by atoms with E-state index in [1.165, 1.54) is 7.48 Å². The van der Waals surface area contributed by atoms with Crippen molar-refractivity contribution in [1.82, 2.24) is 10.3 Å². The minimum Gasteiger partial charge on any atom is -0.427 e. The van der Waals surface area contributed by atoms with Crippen molar-refractivity contribution in [2.24, 2.45) is 5.73 Å².